The van der Waals surface area contributed by atoms with E-state index in [4.69, 9.17) is 14.2 Å². The smallest absolute Gasteiger partial charge is 0.355 e. The van der Waals surface area contributed by atoms with Crippen LogP contribution in [0, 0.1) is 0 Å². The third-order valence-electron chi connectivity index (χ3n) is 6.20. The molecule has 8 nitrogen and oxygen atoms in total. The van der Waals surface area contributed by atoms with E-state index in [1.807, 2.05) is 24.3 Å². The minimum absolute atomic E-state index is 0.00192. The average Bonchev–Trinajstić information content (AvgIpc) is 2.89. The topological polar surface area (TPSA) is 71.6 Å². The van der Waals surface area contributed by atoms with Gasteiger partial charge in [0.25, 0.3) is 0 Å². The van der Waals surface area contributed by atoms with E-state index in [-0.39, 0.29) is 24.6 Å². The van der Waals surface area contributed by atoms with E-state index in [1.54, 1.807) is 4.90 Å². The van der Waals surface area contributed by atoms with Gasteiger partial charge in [-0.3, -0.25) is 9.80 Å². The Hall–Kier alpha value is -3.20. The Morgan fingerprint density at radius 1 is 0.794 bits per heavy atom. The SMILES string of the molecule is COC(=O)C1=C(C(=O)OC)N(c2ccc(CN3CCN(Cc4ccccc4)CC3)cc2)COC1. The summed E-state index contributed by atoms with van der Waals surface area (Å²) in [6.07, 6.45) is 0. The van der Waals surface area contributed by atoms with E-state index in [0.29, 0.717) is 0 Å². The molecule has 1 saturated heterocycles. The lowest BCUT2D eigenvalue weighted by molar-refractivity contribution is -0.140. The third-order valence-corrected chi connectivity index (χ3v) is 6.20. The molecule has 34 heavy (non-hydrogen) atoms. The molecule has 2 aromatic carbocycles. The Kier molecular flexibility index (Phi) is 7.95. The first-order valence-electron chi connectivity index (χ1n) is 11.4. The number of piperazine rings is 1. The molecule has 0 unspecified atom stereocenters. The molecule has 0 atom stereocenters. The van der Waals surface area contributed by atoms with Gasteiger partial charge >= 0.3 is 11.9 Å². The molecule has 2 aliphatic rings. The van der Waals surface area contributed by atoms with Crippen molar-refractivity contribution in [3.05, 3.63) is 77.0 Å². The molecule has 0 saturated carbocycles. The molecule has 0 spiro atoms. The van der Waals surface area contributed by atoms with Crippen LogP contribution >= 0.6 is 0 Å². The minimum Gasteiger partial charge on any atom is -0.466 e. The molecule has 0 radical (unpaired) electrons. The number of hydrogen-bond donors (Lipinski definition) is 0. The summed E-state index contributed by atoms with van der Waals surface area (Å²) in [4.78, 5) is 31.2. The number of anilines is 1. The summed E-state index contributed by atoms with van der Waals surface area (Å²) in [7, 11) is 2.57. The van der Waals surface area contributed by atoms with Crippen molar-refractivity contribution in [1.29, 1.82) is 0 Å². The number of hydrogen-bond acceptors (Lipinski definition) is 8. The molecule has 0 aliphatic carbocycles. The van der Waals surface area contributed by atoms with E-state index in [0.717, 1.165) is 45.0 Å². The van der Waals surface area contributed by atoms with Crippen LogP contribution in [0.5, 0.6) is 0 Å². The molecule has 2 aromatic rings. The Bertz CT molecular complexity index is 1010. The summed E-state index contributed by atoms with van der Waals surface area (Å²) < 4.78 is 15.3. The van der Waals surface area contributed by atoms with E-state index < -0.39 is 11.9 Å². The molecule has 8 heteroatoms. The molecule has 2 aliphatic heterocycles. The van der Waals surface area contributed by atoms with Crippen molar-refractivity contribution >= 4 is 17.6 Å². The van der Waals surface area contributed by atoms with E-state index >= 15 is 0 Å². The highest BCUT2D eigenvalue weighted by molar-refractivity contribution is 6.03. The van der Waals surface area contributed by atoms with Crippen LogP contribution in [-0.2, 0) is 36.9 Å². The maximum Gasteiger partial charge on any atom is 0.355 e. The molecule has 0 aromatic heterocycles. The van der Waals surface area contributed by atoms with E-state index in [9.17, 15) is 9.59 Å². The molecule has 2 heterocycles. The summed E-state index contributed by atoms with van der Waals surface area (Å²) in [5, 5.41) is 0. The highest BCUT2D eigenvalue weighted by atomic mass is 16.5. The van der Waals surface area contributed by atoms with Gasteiger partial charge in [-0.25, -0.2) is 9.59 Å². The standard InChI is InChI=1S/C26H31N3O5/c1-32-25(30)23-18-34-19-29(24(23)26(31)33-2)22-10-8-21(9-11-22)17-28-14-12-27(13-15-28)16-20-6-4-3-5-7-20/h3-11H,12-19H2,1-2H3. The molecule has 0 N–H and O–H groups in total. The Labute approximate surface area is 200 Å². The second kappa shape index (κ2) is 11.3. The fourth-order valence-electron chi connectivity index (χ4n) is 4.33. The maximum absolute atomic E-state index is 12.5. The number of methoxy groups -OCH3 is 2. The minimum atomic E-state index is -0.604. The van der Waals surface area contributed by atoms with Gasteiger partial charge in [-0.05, 0) is 23.3 Å². The third kappa shape index (κ3) is 5.64. The quantitative estimate of drug-likeness (QED) is 0.578. The first kappa shape index (κ1) is 23.9. The summed E-state index contributed by atoms with van der Waals surface area (Å²) in [5.74, 6) is -1.20. The summed E-state index contributed by atoms with van der Waals surface area (Å²) in [6.45, 7) is 6.13. The second-order valence-electron chi connectivity index (χ2n) is 8.42. The first-order valence-corrected chi connectivity index (χ1v) is 11.4. The number of nitrogens with zero attached hydrogens (tertiary/aromatic N) is 3. The van der Waals surface area contributed by atoms with Crippen molar-refractivity contribution < 1.29 is 23.8 Å². The molecular weight excluding hydrogens is 434 g/mol. The normalized spacial score (nSPS) is 17.5. The van der Waals surface area contributed by atoms with E-state index in [1.165, 1.54) is 25.3 Å². The zero-order valence-electron chi connectivity index (χ0n) is 19.7. The number of carbonyl (C=O) groups excluding carboxylic acids is 2. The molecule has 0 bridgehead atoms. The lowest BCUT2D eigenvalue weighted by Crippen LogP contribution is -2.45. The van der Waals surface area contributed by atoms with Gasteiger partial charge in [0.05, 0.1) is 26.4 Å². The van der Waals surface area contributed by atoms with Gasteiger partial charge in [0.1, 0.15) is 12.4 Å². The Morgan fingerprint density at radius 2 is 1.35 bits per heavy atom. The number of ether oxygens (including phenoxy) is 3. The summed E-state index contributed by atoms with van der Waals surface area (Å²) >= 11 is 0. The number of benzene rings is 2. The van der Waals surface area contributed by atoms with Crippen LogP contribution in [0.15, 0.2) is 65.9 Å². The van der Waals surface area contributed by atoms with Gasteiger partial charge in [-0.15, -0.1) is 0 Å². The molecule has 0 amide bonds. The van der Waals surface area contributed by atoms with Crippen LogP contribution in [0.25, 0.3) is 0 Å². The average molecular weight is 466 g/mol. The lowest BCUT2D eigenvalue weighted by atomic mass is 10.1. The predicted molar refractivity (Wildman–Crippen MR) is 128 cm³/mol. The zero-order valence-corrected chi connectivity index (χ0v) is 19.7. The fraction of sp³-hybridized carbons (Fsp3) is 0.385. The number of carbonyl (C=O) groups is 2. The summed E-state index contributed by atoms with van der Waals surface area (Å²) in [6, 6.07) is 18.6. The molecule has 1 fully saturated rings. The van der Waals surface area contributed by atoms with Crippen LogP contribution in [-0.4, -0.2) is 75.5 Å². The predicted octanol–water partition coefficient (Wildman–Crippen LogP) is 2.40. The first-order chi connectivity index (χ1) is 16.6. The summed E-state index contributed by atoms with van der Waals surface area (Å²) in [5.41, 5.74) is 3.60. The van der Waals surface area contributed by atoms with Gasteiger partial charge in [-0.1, -0.05) is 42.5 Å². The van der Waals surface area contributed by atoms with Gasteiger partial charge in [0.15, 0.2) is 0 Å². The van der Waals surface area contributed by atoms with Crippen molar-refractivity contribution in [3.8, 4) is 0 Å². The monoisotopic (exact) mass is 465 g/mol. The lowest BCUT2D eigenvalue weighted by Gasteiger charge is -2.35. The fourth-order valence-corrected chi connectivity index (χ4v) is 4.33. The van der Waals surface area contributed by atoms with Crippen LogP contribution in [0.1, 0.15) is 11.1 Å². The number of esters is 2. The van der Waals surface area contributed by atoms with Gasteiger partial charge in [-0.2, -0.15) is 0 Å². The molecule has 4 rings (SSSR count). The molecular formula is C26H31N3O5. The Morgan fingerprint density at radius 3 is 1.91 bits per heavy atom. The van der Waals surface area contributed by atoms with E-state index in [2.05, 4.69) is 40.1 Å². The second-order valence-corrected chi connectivity index (χ2v) is 8.42. The molecule has 180 valence electrons. The van der Waals surface area contributed by atoms with Crippen LogP contribution in [0.4, 0.5) is 5.69 Å². The van der Waals surface area contributed by atoms with Gasteiger partial charge < -0.3 is 19.1 Å². The van der Waals surface area contributed by atoms with Gasteiger partial charge in [0.2, 0.25) is 0 Å². The highest BCUT2D eigenvalue weighted by Gasteiger charge is 2.32. The van der Waals surface area contributed by atoms with Crippen molar-refractivity contribution in [1.82, 2.24) is 9.80 Å². The Balaban J connectivity index is 1.38. The zero-order chi connectivity index (χ0) is 23.9. The number of rotatable bonds is 7. The van der Waals surface area contributed by atoms with Crippen LogP contribution in [0.3, 0.4) is 0 Å². The van der Waals surface area contributed by atoms with Crippen molar-refractivity contribution in [2.24, 2.45) is 0 Å². The maximum atomic E-state index is 12.5. The van der Waals surface area contributed by atoms with Gasteiger partial charge in [0, 0.05) is 45.0 Å². The van der Waals surface area contributed by atoms with Crippen LogP contribution in [0.2, 0.25) is 0 Å². The van der Waals surface area contributed by atoms with Crippen molar-refractivity contribution in [3.63, 3.8) is 0 Å². The van der Waals surface area contributed by atoms with Crippen molar-refractivity contribution in [2.45, 2.75) is 13.1 Å². The van der Waals surface area contributed by atoms with Crippen molar-refractivity contribution in [2.75, 3.05) is 58.6 Å². The van der Waals surface area contributed by atoms with Crippen LogP contribution < -0.4 is 4.90 Å². The largest absolute Gasteiger partial charge is 0.466 e. The highest BCUT2D eigenvalue weighted by Crippen LogP contribution is 2.27.